The van der Waals surface area contributed by atoms with E-state index >= 15 is 0 Å². The van der Waals surface area contributed by atoms with Crippen LogP contribution in [0.4, 0.5) is 17.1 Å². The summed E-state index contributed by atoms with van der Waals surface area (Å²) in [5.74, 6) is 0. The van der Waals surface area contributed by atoms with Crippen molar-refractivity contribution in [2.75, 3.05) is 4.90 Å². The third-order valence-electron chi connectivity index (χ3n) is 19.5. The second-order valence-corrected chi connectivity index (χ2v) is 23.8. The summed E-state index contributed by atoms with van der Waals surface area (Å²) >= 11 is 0. The number of aromatic nitrogens is 1. The van der Waals surface area contributed by atoms with Gasteiger partial charge in [-0.15, -0.1) is 0 Å². The van der Waals surface area contributed by atoms with Crippen molar-refractivity contribution in [3.8, 4) is 72.4 Å². The van der Waals surface area contributed by atoms with E-state index in [1.165, 1.54) is 122 Å². The predicted octanol–water partition coefficient (Wildman–Crippen LogP) is 22.0. The van der Waals surface area contributed by atoms with Crippen molar-refractivity contribution in [3.63, 3.8) is 0 Å². The number of fused-ring (bicyclic) bond motifs is 16. The largest absolute Gasteiger partial charge is 0.310 e. The van der Waals surface area contributed by atoms with E-state index in [9.17, 15) is 0 Å². The van der Waals surface area contributed by atoms with Gasteiger partial charge in [0.2, 0.25) is 0 Å². The maximum absolute atomic E-state index is 2.49. The molecule has 0 amide bonds. The van der Waals surface area contributed by atoms with Gasteiger partial charge in [-0.25, -0.2) is 0 Å². The first-order chi connectivity index (χ1) is 43.6. The van der Waals surface area contributed by atoms with Crippen LogP contribution in [0.15, 0.2) is 340 Å². The first-order valence-electron chi connectivity index (χ1n) is 30.6. The molecule has 14 aromatic carbocycles. The van der Waals surface area contributed by atoms with Gasteiger partial charge in [0, 0.05) is 33.5 Å². The van der Waals surface area contributed by atoms with E-state index in [0.29, 0.717) is 0 Å². The van der Waals surface area contributed by atoms with Gasteiger partial charge in [0.05, 0.1) is 21.9 Å². The summed E-state index contributed by atoms with van der Waals surface area (Å²) in [6, 6.07) is 127. The molecule has 1 aromatic heterocycles. The van der Waals surface area contributed by atoms with Crippen LogP contribution in [0.25, 0.3) is 94.3 Å². The molecule has 88 heavy (non-hydrogen) atoms. The molecule has 18 rings (SSSR count). The van der Waals surface area contributed by atoms with Crippen LogP contribution in [-0.4, -0.2) is 4.57 Å². The van der Waals surface area contributed by atoms with Gasteiger partial charge in [-0.2, -0.15) is 0 Å². The highest BCUT2D eigenvalue weighted by molar-refractivity contribution is 6.10. The molecule has 0 fully saturated rings. The monoisotopic (exact) mass is 1120 g/mol. The number of para-hydroxylation sites is 1. The molecule has 0 saturated heterocycles. The van der Waals surface area contributed by atoms with E-state index in [0.717, 1.165) is 33.9 Å². The lowest BCUT2D eigenvalue weighted by Gasteiger charge is -2.33. The van der Waals surface area contributed by atoms with E-state index < -0.39 is 10.8 Å². The molecule has 15 aromatic rings. The summed E-state index contributed by atoms with van der Waals surface area (Å²) in [4.78, 5) is 2.45. The van der Waals surface area contributed by atoms with E-state index in [4.69, 9.17) is 0 Å². The lowest BCUT2D eigenvalue weighted by Crippen LogP contribution is -2.28. The zero-order valence-electron chi connectivity index (χ0n) is 48.2. The van der Waals surface area contributed by atoms with Crippen LogP contribution < -0.4 is 4.90 Å². The van der Waals surface area contributed by atoms with Crippen molar-refractivity contribution in [3.05, 3.63) is 384 Å². The van der Waals surface area contributed by atoms with Crippen LogP contribution in [0.3, 0.4) is 0 Å². The maximum Gasteiger partial charge on any atom is 0.0726 e. The quantitative estimate of drug-likeness (QED) is 0.140. The van der Waals surface area contributed by atoms with Gasteiger partial charge in [-0.05, 0) is 172 Å². The average Bonchev–Trinajstić information content (AvgIpc) is 1.54. The molecule has 1 heterocycles. The molecule has 1 spiro atoms. The average molecular weight is 1120 g/mol. The molecular weight excluding hydrogens is 1060 g/mol. The first-order valence-corrected chi connectivity index (χ1v) is 30.6. The van der Waals surface area contributed by atoms with Crippen LogP contribution in [0.1, 0.15) is 44.5 Å². The summed E-state index contributed by atoms with van der Waals surface area (Å²) in [7, 11) is 0. The Labute approximate surface area is 512 Å². The van der Waals surface area contributed by atoms with Crippen LogP contribution >= 0.6 is 0 Å². The zero-order chi connectivity index (χ0) is 57.9. The Kier molecular flexibility index (Phi) is 11.2. The van der Waals surface area contributed by atoms with Crippen molar-refractivity contribution in [1.82, 2.24) is 4.57 Å². The number of anilines is 3. The molecule has 0 saturated carbocycles. The fourth-order valence-corrected chi connectivity index (χ4v) is 15.8. The summed E-state index contributed by atoms with van der Waals surface area (Å²) in [6.45, 7) is 0. The lowest BCUT2D eigenvalue weighted by atomic mass is 9.68. The van der Waals surface area contributed by atoms with Crippen molar-refractivity contribution in [2.24, 2.45) is 0 Å². The van der Waals surface area contributed by atoms with E-state index in [1.807, 2.05) is 0 Å². The fraction of sp³-hybridized carbons (Fsp3) is 0.0233. The van der Waals surface area contributed by atoms with Crippen LogP contribution in [-0.2, 0) is 10.8 Å². The van der Waals surface area contributed by atoms with Gasteiger partial charge in [0.25, 0.3) is 0 Å². The number of hydrogen-bond acceptors (Lipinski definition) is 1. The number of nitrogens with zero attached hydrogens (tertiary/aromatic N) is 2. The first kappa shape index (κ1) is 50.0. The second-order valence-electron chi connectivity index (χ2n) is 23.8. The predicted molar refractivity (Wildman–Crippen MR) is 365 cm³/mol. The third-order valence-corrected chi connectivity index (χ3v) is 19.5. The Bertz CT molecular complexity index is 5150. The van der Waals surface area contributed by atoms with E-state index in [1.54, 1.807) is 0 Å². The standard InChI is InChI=1S/C86H56N2/c1-4-21-57(22-5-1)58-43-46-65(47-44-58)87(68-48-51-73-71-31-12-18-37-80(71)86(82(73)56-68)78-35-16-10-29-69(78)70-30-11-17-36-79(70)86)66-28-20-23-61(53-66)59-39-41-60(42-40-59)62-45-50-75-74-33-14-19-38-83(74)88(84(75)54-62)67-49-52-81-76(55-67)72-32-13-15-34-77(72)85(81,63-24-6-2-7-25-63)64-26-8-3-9-27-64/h1-56H. The summed E-state index contributed by atoms with van der Waals surface area (Å²) < 4.78 is 2.48. The Balaban J connectivity index is 0.737. The molecule has 3 aliphatic carbocycles. The molecule has 0 aliphatic heterocycles. The molecular formula is C86H56N2. The lowest BCUT2D eigenvalue weighted by molar-refractivity contribution is 0.768. The van der Waals surface area contributed by atoms with E-state index in [-0.39, 0.29) is 0 Å². The molecule has 410 valence electrons. The van der Waals surface area contributed by atoms with Gasteiger partial charge in [0.15, 0.2) is 0 Å². The highest BCUT2D eigenvalue weighted by atomic mass is 15.1. The van der Waals surface area contributed by atoms with Crippen LogP contribution in [0, 0.1) is 0 Å². The van der Waals surface area contributed by atoms with Crippen LogP contribution in [0.5, 0.6) is 0 Å². The number of hydrogen-bond donors (Lipinski definition) is 0. The van der Waals surface area contributed by atoms with Crippen molar-refractivity contribution < 1.29 is 0 Å². The van der Waals surface area contributed by atoms with Gasteiger partial charge < -0.3 is 9.47 Å². The Hall–Kier alpha value is -11.3. The van der Waals surface area contributed by atoms with Gasteiger partial charge in [0.1, 0.15) is 0 Å². The molecule has 2 heteroatoms. The fourth-order valence-electron chi connectivity index (χ4n) is 15.8. The summed E-state index contributed by atoms with van der Waals surface area (Å²) in [5, 5.41) is 2.47. The zero-order valence-corrected chi connectivity index (χ0v) is 48.2. The second kappa shape index (κ2) is 19.6. The topological polar surface area (TPSA) is 8.17 Å². The normalized spacial score (nSPS) is 13.4. The molecule has 0 N–H and O–H groups in total. The van der Waals surface area contributed by atoms with Gasteiger partial charge in [-0.1, -0.05) is 279 Å². The number of benzene rings is 14. The summed E-state index contributed by atoms with van der Waals surface area (Å²) in [5.41, 5.74) is 31.1. The maximum atomic E-state index is 2.49. The SMILES string of the molecule is c1ccc(-c2ccc(N(c3cccc(-c4ccc(-c5ccc6c7ccccc7n(-c7ccc8c(c7)-c7ccccc7C8(c7ccccc7)c7ccccc7)c6c5)cc4)c3)c3ccc4c(c3)C3(c5ccccc5-c5ccccc53)c3ccccc3-4)cc2)cc1. The van der Waals surface area contributed by atoms with Crippen molar-refractivity contribution in [2.45, 2.75) is 10.8 Å². The molecule has 0 unspecified atom stereocenters. The minimum Gasteiger partial charge on any atom is -0.310 e. The smallest absolute Gasteiger partial charge is 0.0726 e. The van der Waals surface area contributed by atoms with E-state index in [2.05, 4.69) is 349 Å². The minimum absolute atomic E-state index is 0.459. The Morgan fingerprint density at radius 2 is 0.636 bits per heavy atom. The number of rotatable bonds is 9. The molecule has 2 nitrogen and oxygen atoms in total. The Morgan fingerprint density at radius 1 is 0.216 bits per heavy atom. The van der Waals surface area contributed by atoms with Gasteiger partial charge >= 0.3 is 0 Å². The summed E-state index contributed by atoms with van der Waals surface area (Å²) in [6.07, 6.45) is 0. The minimum atomic E-state index is -0.462. The molecule has 3 aliphatic rings. The highest BCUT2D eigenvalue weighted by Gasteiger charge is 2.52. The molecule has 0 atom stereocenters. The van der Waals surface area contributed by atoms with Crippen LogP contribution in [0.2, 0.25) is 0 Å². The third kappa shape index (κ3) is 7.24. The Morgan fingerprint density at radius 3 is 1.26 bits per heavy atom. The highest BCUT2D eigenvalue weighted by Crippen LogP contribution is 2.64. The molecule has 0 bridgehead atoms. The van der Waals surface area contributed by atoms with Crippen molar-refractivity contribution >= 4 is 38.9 Å². The van der Waals surface area contributed by atoms with Gasteiger partial charge in [-0.3, -0.25) is 0 Å². The molecule has 0 radical (unpaired) electrons. The van der Waals surface area contributed by atoms with Crippen molar-refractivity contribution in [1.29, 1.82) is 0 Å².